The molecule has 0 radical (unpaired) electrons. The van der Waals surface area contributed by atoms with Gasteiger partial charge >= 0.3 is 0 Å². The van der Waals surface area contributed by atoms with Gasteiger partial charge in [-0.1, -0.05) is 0 Å². The number of nitro groups is 1. The van der Waals surface area contributed by atoms with Crippen LogP contribution in [0.4, 0.5) is 10.2 Å². The minimum absolute atomic E-state index is 0.0107. The molecule has 1 aromatic rings. The molecule has 0 N–H and O–H groups in total. The van der Waals surface area contributed by atoms with Gasteiger partial charge in [-0.05, 0) is 25.0 Å². The van der Waals surface area contributed by atoms with Crippen LogP contribution in [-0.2, 0) is 0 Å². The first-order valence-electron chi connectivity index (χ1n) is 5.47. The highest BCUT2D eigenvalue weighted by Crippen LogP contribution is 2.21. The van der Waals surface area contributed by atoms with Crippen LogP contribution in [-0.4, -0.2) is 29.2 Å². The van der Waals surface area contributed by atoms with Gasteiger partial charge < -0.3 is 4.74 Å². The Bertz CT molecular complexity index is 388. The summed E-state index contributed by atoms with van der Waals surface area (Å²) in [6, 6.07) is 5.94. The summed E-state index contributed by atoms with van der Waals surface area (Å²) in [6.45, 7) is 0.745. The highest BCUT2D eigenvalue weighted by atomic mass is 19.2. The molecular weight excluding hydrogens is 227 g/mol. The van der Waals surface area contributed by atoms with Gasteiger partial charge in [-0.2, -0.15) is 0 Å². The summed E-state index contributed by atoms with van der Waals surface area (Å²) in [7, 11) is 0. The lowest BCUT2D eigenvalue weighted by molar-refractivity contribution is -0.384. The van der Waals surface area contributed by atoms with Crippen LogP contribution in [0.3, 0.4) is 0 Å². The van der Waals surface area contributed by atoms with Crippen molar-refractivity contribution < 1.29 is 14.1 Å². The van der Waals surface area contributed by atoms with E-state index in [-0.39, 0.29) is 11.8 Å². The topological polar surface area (TPSA) is 55.6 Å². The van der Waals surface area contributed by atoms with Crippen LogP contribution in [0, 0.1) is 10.1 Å². The molecule has 2 rings (SSSR count). The van der Waals surface area contributed by atoms with Crippen LogP contribution >= 0.6 is 0 Å². The van der Waals surface area contributed by atoms with Gasteiger partial charge in [0.15, 0.2) is 0 Å². The van der Waals surface area contributed by atoms with Gasteiger partial charge in [0.1, 0.15) is 11.9 Å². The number of piperidine rings is 1. The van der Waals surface area contributed by atoms with Crippen molar-refractivity contribution >= 4 is 5.69 Å². The molecule has 0 spiro atoms. The highest BCUT2D eigenvalue weighted by Gasteiger charge is 2.20. The first-order chi connectivity index (χ1) is 8.15. The average molecular weight is 240 g/mol. The van der Waals surface area contributed by atoms with Crippen molar-refractivity contribution in [1.82, 2.24) is 5.12 Å². The quantitative estimate of drug-likeness (QED) is 0.462. The van der Waals surface area contributed by atoms with Crippen molar-refractivity contribution in [3.63, 3.8) is 0 Å². The van der Waals surface area contributed by atoms with Crippen molar-refractivity contribution in [1.29, 1.82) is 0 Å². The molecule has 1 aromatic carbocycles. The van der Waals surface area contributed by atoms with Gasteiger partial charge in [-0.15, -0.1) is 9.60 Å². The van der Waals surface area contributed by atoms with E-state index in [4.69, 9.17) is 4.74 Å². The Morgan fingerprint density at radius 2 is 1.88 bits per heavy atom. The smallest absolute Gasteiger partial charge is 0.269 e. The Morgan fingerprint density at radius 1 is 1.29 bits per heavy atom. The fraction of sp³-hybridized carbons (Fsp3) is 0.455. The largest absolute Gasteiger partial charge is 0.490 e. The molecule has 1 saturated heterocycles. The first kappa shape index (κ1) is 11.8. The number of hydrogen-bond donors (Lipinski definition) is 0. The number of benzene rings is 1. The molecule has 0 aromatic heterocycles. The van der Waals surface area contributed by atoms with Crippen molar-refractivity contribution in [3.05, 3.63) is 34.4 Å². The molecule has 0 amide bonds. The molecule has 17 heavy (non-hydrogen) atoms. The summed E-state index contributed by atoms with van der Waals surface area (Å²) in [5.74, 6) is 0.591. The van der Waals surface area contributed by atoms with Crippen LogP contribution in [0.15, 0.2) is 24.3 Å². The summed E-state index contributed by atoms with van der Waals surface area (Å²) in [5, 5.41) is 11.2. The van der Waals surface area contributed by atoms with E-state index in [1.54, 1.807) is 12.1 Å². The molecule has 1 aliphatic rings. The van der Waals surface area contributed by atoms with Gasteiger partial charge in [-0.3, -0.25) is 10.1 Å². The standard InChI is InChI=1S/C11H13FN2O3/c12-13-7-5-11(6-8-13)17-10-3-1-9(2-4-10)14(15)16/h1-4,11H,5-8H2. The van der Waals surface area contributed by atoms with E-state index in [0.29, 0.717) is 31.7 Å². The molecule has 92 valence electrons. The SMILES string of the molecule is O=[N+]([O-])c1ccc(OC2CCN(F)CC2)cc1. The molecule has 0 atom stereocenters. The molecular formula is C11H13FN2O3. The maximum Gasteiger partial charge on any atom is 0.269 e. The number of rotatable bonds is 3. The van der Waals surface area contributed by atoms with E-state index >= 15 is 0 Å². The van der Waals surface area contributed by atoms with Gasteiger partial charge in [-0.25, -0.2) is 0 Å². The Balaban J connectivity index is 1.92. The lowest BCUT2D eigenvalue weighted by atomic mass is 10.1. The average Bonchev–Trinajstić information content (AvgIpc) is 2.33. The number of nitrogens with zero attached hydrogens (tertiary/aromatic N) is 2. The molecule has 6 heteroatoms. The van der Waals surface area contributed by atoms with Gasteiger partial charge in [0.2, 0.25) is 0 Å². The van der Waals surface area contributed by atoms with Gasteiger partial charge in [0, 0.05) is 25.2 Å². The molecule has 1 heterocycles. The zero-order valence-corrected chi connectivity index (χ0v) is 9.21. The van der Waals surface area contributed by atoms with E-state index < -0.39 is 4.92 Å². The Hall–Kier alpha value is -1.69. The van der Waals surface area contributed by atoms with Crippen LogP contribution in [0.5, 0.6) is 5.75 Å². The third kappa shape index (κ3) is 3.13. The van der Waals surface area contributed by atoms with E-state index in [9.17, 15) is 14.6 Å². The zero-order valence-electron chi connectivity index (χ0n) is 9.21. The lowest BCUT2D eigenvalue weighted by Gasteiger charge is -2.26. The summed E-state index contributed by atoms with van der Waals surface area (Å²) in [5.41, 5.74) is 0.0379. The summed E-state index contributed by atoms with van der Waals surface area (Å²) in [6.07, 6.45) is 1.25. The molecule has 1 aliphatic heterocycles. The molecule has 0 saturated carbocycles. The molecule has 0 aliphatic carbocycles. The normalized spacial score (nSPS) is 17.9. The van der Waals surface area contributed by atoms with Gasteiger partial charge in [0.25, 0.3) is 5.69 Å². The predicted molar refractivity (Wildman–Crippen MR) is 59.4 cm³/mol. The van der Waals surface area contributed by atoms with E-state index in [1.165, 1.54) is 12.1 Å². The maximum absolute atomic E-state index is 12.7. The second-order valence-corrected chi connectivity index (χ2v) is 3.98. The fourth-order valence-electron chi connectivity index (χ4n) is 1.78. The van der Waals surface area contributed by atoms with Crippen molar-refractivity contribution in [2.24, 2.45) is 0 Å². The first-order valence-corrected chi connectivity index (χ1v) is 5.47. The summed E-state index contributed by atoms with van der Waals surface area (Å²) in [4.78, 5) is 10.0. The second kappa shape index (κ2) is 5.09. The minimum atomic E-state index is -0.453. The Morgan fingerprint density at radius 3 is 2.41 bits per heavy atom. The van der Waals surface area contributed by atoms with E-state index in [2.05, 4.69) is 0 Å². The number of halogens is 1. The molecule has 0 bridgehead atoms. The number of nitro benzene ring substituents is 1. The van der Waals surface area contributed by atoms with Crippen molar-refractivity contribution in [2.75, 3.05) is 13.1 Å². The minimum Gasteiger partial charge on any atom is -0.490 e. The monoisotopic (exact) mass is 240 g/mol. The van der Waals surface area contributed by atoms with Crippen LogP contribution < -0.4 is 4.74 Å². The zero-order chi connectivity index (χ0) is 12.3. The van der Waals surface area contributed by atoms with Crippen LogP contribution in [0.2, 0.25) is 0 Å². The van der Waals surface area contributed by atoms with E-state index in [0.717, 1.165) is 5.12 Å². The van der Waals surface area contributed by atoms with Crippen molar-refractivity contribution in [3.8, 4) is 5.75 Å². The predicted octanol–water partition coefficient (Wildman–Crippen LogP) is 2.32. The van der Waals surface area contributed by atoms with Crippen LogP contribution in [0.25, 0.3) is 0 Å². The molecule has 1 fully saturated rings. The van der Waals surface area contributed by atoms with Gasteiger partial charge in [0.05, 0.1) is 4.92 Å². The molecule has 0 unspecified atom stereocenters. The maximum atomic E-state index is 12.7. The fourth-order valence-corrected chi connectivity index (χ4v) is 1.78. The summed E-state index contributed by atoms with van der Waals surface area (Å²) >= 11 is 0. The number of hydrogen-bond acceptors (Lipinski definition) is 4. The van der Waals surface area contributed by atoms with Crippen LogP contribution in [0.1, 0.15) is 12.8 Å². The Labute approximate surface area is 97.9 Å². The lowest BCUT2D eigenvalue weighted by Crippen LogP contribution is -2.33. The third-order valence-corrected chi connectivity index (χ3v) is 2.74. The number of ether oxygens (including phenoxy) is 1. The van der Waals surface area contributed by atoms with E-state index in [1.807, 2.05) is 0 Å². The summed E-state index contributed by atoms with van der Waals surface area (Å²) < 4.78 is 18.4. The number of non-ortho nitro benzene ring substituents is 1. The Kier molecular flexibility index (Phi) is 3.53. The third-order valence-electron chi connectivity index (χ3n) is 2.74. The highest BCUT2D eigenvalue weighted by molar-refractivity contribution is 5.36. The van der Waals surface area contributed by atoms with Crippen molar-refractivity contribution in [2.45, 2.75) is 18.9 Å². The second-order valence-electron chi connectivity index (χ2n) is 3.98. The molecule has 5 nitrogen and oxygen atoms in total.